The first-order valence-corrected chi connectivity index (χ1v) is 5.61. The molecule has 0 saturated carbocycles. The Labute approximate surface area is 112 Å². The maximum Gasteiger partial charge on any atom is 0.259 e. The minimum absolute atomic E-state index is 0.0442. The molecule has 2 aromatic rings. The van der Waals surface area contributed by atoms with Crippen LogP contribution in [-0.2, 0) is 0 Å². The monoisotopic (exact) mass is 281 g/mol. The summed E-state index contributed by atoms with van der Waals surface area (Å²) in [6.07, 6.45) is 0.959. The molecule has 1 aromatic heterocycles. The molecule has 0 spiro atoms. The van der Waals surface area contributed by atoms with Crippen LogP contribution in [0, 0.1) is 17.5 Å². The van der Waals surface area contributed by atoms with Crippen molar-refractivity contribution in [2.24, 2.45) is 0 Å². The molecule has 20 heavy (non-hydrogen) atoms. The number of nitrogens with zero attached hydrogens (tertiary/aromatic N) is 1. The van der Waals surface area contributed by atoms with E-state index < -0.39 is 23.4 Å². The molecule has 0 aliphatic carbocycles. The van der Waals surface area contributed by atoms with Crippen LogP contribution in [0.4, 0.5) is 24.7 Å². The van der Waals surface area contributed by atoms with Gasteiger partial charge in [0, 0.05) is 18.8 Å². The van der Waals surface area contributed by atoms with Crippen molar-refractivity contribution in [2.75, 3.05) is 17.7 Å². The number of carbonyl (C=O) groups excluding carboxylic acids is 1. The Hall–Kier alpha value is -2.57. The topological polar surface area (TPSA) is 54.0 Å². The lowest BCUT2D eigenvalue weighted by Crippen LogP contribution is -2.15. The standard InChI is InChI=1S/C13H10F3N3O/c1-17-12-9(4-7(14)6-18-12)13(20)19-8-2-3-10(15)11(16)5-8/h2-6H,1H3,(H,17,18)(H,19,20). The molecule has 2 rings (SSSR count). The fourth-order valence-corrected chi connectivity index (χ4v) is 1.58. The summed E-state index contributed by atoms with van der Waals surface area (Å²) in [4.78, 5) is 15.7. The molecule has 0 aliphatic rings. The van der Waals surface area contributed by atoms with Gasteiger partial charge in [0.25, 0.3) is 5.91 Å². The van der Waals surface area contributed by atoms with E-state index in [2.05, 4.69) is 15.6 Å². The Balaban J connectivity index is 2.27. The molecular formula is C13H10F3N3O. The number of anilines is 2. The third-order valence-electron chi connectivity index (χ3n) is 2.51. The van der Waals surface area contributed by atoms with Gasteiger partial charge in [-0.25, -0.2) is 18.2 Å². The van der Waals surface area contributed by atoms with Gasteiger partial charge in [0.05, 0.1) is 11.8 Å². The Morgan fingerprint density at radius 3 is 2.55 bits per heavy atom. The van der Waals surface area contributed by atoms with Gasteiger partial charge in [-0.3, -0.25) is 4.79 Å². The second-order valence-electron chi connectivity index (χ2n) is 3.88. The molecule has 4 nitrogen and oxygen atoms in total. The van der Waals surface area contributed by atoms with E-state index in [1.54, 1.807) is 0 Å². The Bertz CT molecular complexity index is 661. The first kappa shape index (κ1) is 13.9. The van der Waals surface area contributed by atoms with Crippen LogP contribution in [0.1, 0.15) is 10.4 Å². The highest BCUT2D eigenvalue weighted by molar-refractivity contribution is 6.07. The van der Waals surface area contributed by atoms with Crippen LogP contribution in [0.5, 0.6) is 0 Å². The van der Waals surface area contributed by atoms with Gasteiger partial charge >= 0.3 is 0 Å². The number of pyridine rings is 1. The SMILES string of the molecule is CNc1ncc(F)cc1C(=O)Nc1ccc(F)c(F)c1. The largest absolute Gasteiger partial charge is 0.372 e. The van der Waals surface area contributed by atoms with Crippen LogP contribution in [0.25, 0.3) is 0 Å². The van der Waals surface area contributed by atoms with Crippen molar-refractivity contribution in [3.8, 4) is 0 Å². The molecule has 2 N–H and O–H groups in total. The lowest BCUT2D eigenvalue weighted by molar-refractivity contribution is 0.102. The number of amides is 1. The average Bonchev–Trinajstić information content (AvgIpc) is 2.43. The number of benzene rings is 1. The molecule has 1 aromatic carbocycles. The van der Waals surface area contributed by atoms with Gasteiger partial charge in [0.1, 0.15) is 11.6 Å². The summed E-state index contributed by atoms with van der Waals surface area (Å²) in [6, 6.07) is 3.91. The van der Waals surface area contributed by atoms with Crippen molar-refractivity contribution in [1.82, 2.24) is 4.98 Å². The number of hydrogen-bond donors (Lipinski definition) is 2. The molecule has 0 atom stereocenters. The summed E-state index contributed by atoms with van der Waals surface area (Å²) in [5.41, 5.74) is 0.0115. The van der Waals surface area contributed by atoms with Crippen molar-refractivity contribution in [1.29, 1.82) is 0 Å². The normalized spacial score (nSPS) is 10.2. The van der Waals surface area contributed by atoms with Crippen molar-refractivity contribution < 1.29 is 18.0 Å². The summed E-state index contributed by atoms with van der Waals surface area (Å²) in [5.74, 6) is -3.31. The van der Waals surface area contributed by atoms with E-state index in [0.29, 0.717) is 0 Å². The number of carbonyl (C=O) groups is 1. The van der Waals surface area contributed by atoms with E-state index in [-0.39, 0.29) is 17.1 Å². The predicted molar refractivity (Wildman–Crippen MR) is 68.1 cm³/mol. The maximum absolute atomic E-state index is 13.1. The van der Waals surface area contributed by atoms with Gasteiger partial charge in [-0.1, -0.05) is 0 Å². The first-order chi connectivity index (χ1) is 9.51. The highest BCUT2D eigenvalue weighted by Crippen LogP contribution is 2.17. The van der Waals surface area contributed by atoms with Crippen LogP contribution in [0.3, 0.4) is 0 Å². The smallest absolute Gasteiger partial charge is 0.259 e. The van der Waals surface area contributed by atoms with E-state index in [0.717, 1.165) is 24.4 Å². The Morgan fingerprint density at radius 2 is 1.90 bits per heavy atom. The summed E-state index contributed by atoms with van der Waals surface area (Å²) in [7, 11) is 1.52. The molecule has 0 radical (unpaired) electrons. The fourth-order valence-electron chi connectivity index (χ4n) is 1.58. The van der Waals surface area contributed by atoms with Crippen LogP contribution >= 0.6 is 0 Å². The van der Waals surface area contributed by atoms with Gasteiger partial charge in [-0.05, 0) is 18.2 Å². The van der Waals surface area contributed by atoms with Crippen LogP contribution in [-0.4, -0.2) is 17.9 Å². The van der Waals surface area contributed by atoms with Gasteiger partial charge in [0.2, 0.25) is 0 Å². The number of rotatable bonds is 3. The first-order valence-electron chi connectivity index (χ1n) is 5.61. The van der Waals surface area contributed by atoms with Crippen molar-refractivity contribution >= 4 is 17.4 Å². The molecule has 1 heterocycles. The summed E-state index contributed by atoms with van der Waals surface area (Å²) < 4.78 is 38.9. The zero-order chi connectivity index (χ0) is 14.7. The fraction of sp³-hybridized carbons (Fsp3) is 0.0769. The third kappa shape index (κ3) is 2.87. The predicted octanol–water partition coefficient (Wildman–Crippen LogP) is 2.79. The number of halogens is 3. The zero-order valence-electron chi connectivity index (χ0n) is 10.4. The summed E-state index contributed by atoms with van der Waals surface area (Å²) in [5, 5.41) is 4.97. The molecule has 104 valence electrons. The number of hydrogen-bond acceptors (Lipinski definition) is 3. The van der Waals surface area contributed by atoms with Gasteiger partial charge < -0.3 is 10.6 Å². The van der Waals surface area contributed by atoms with Crippen LogP contribution in [0.15, 0.2) is 30.5 Å². The van der Waals surface area contributed by atoms with Gasteiger partial charge in [-0.15, -0.1) is 0 Å². The molecule has 1 amide bonds. The van der Waals surface area contributed by atoms with Crippen molar-refractivity contribution in [3.63, 3.8) is 0 Å². The average molecular weight is 281 g/mol. The van der Waals surface area contributed by atoms with Crippen LogP contribution < -0.4 is 10.6 Å². The maximum atomic E-state index is 13.1. The quantitative estimate of drug-likeness (QED) is 0.909. The Morgan fingerprint density at radius 1 is 1.15 bits per heavy atom. The minimum atomic E-state index is -1.09. The second-order valence-corrected chi connectivity index (χ2v) is 3.88. The molecule has 7 heteroatoms. The summed E-state index contributed by atoms with van der Waals surface area (Å²) >= 11 is 0. The highest BCUT2D eigenvalue weighted by Gasteiger charge is 2.14. The van der Waals surface area contributed by atoms with Gasteiger partial charge in [0.15, 0.2) is 11.6 Å². The molecule has 0 fully saturated rings. The highest BCUT2D eigenvalue weighted by atomic mass is 19.2. The molecule has 0 bridgehead atoms. The van der Waals surface area contributed by atoms with Crippen molar-refractivity contribution in [2.45, 2.75) is 0 Å². The summed E-state index contributed by atoms with van der Waals surface area (Å²) in [6.45, 7) is 0. The van der Waals surface area contributed by atoms with Gasteiger partial charge in [-0.2, -0.15) is 0 Å². The lowest BCUT2D eigenvalue weighted by atomic mass is 10.2. The molecular weight excluding hydrogens is 271 g/mol. The lowest BCUT2D eigenvalue weighted by Gasteiger charge is -2.09. The van der Waals surface area contributed by atoms with E-state index >= 15 is 0 Å². The number of aromatic nitrogens is 1. The Kier molecular flexibility index (Phi) is 3.88. The van der Waals surface area contributed by atoms with E-state index in [4.69, 9.17) is 0 Å². The molecule has 0 unspecified atom stereocenters. The number of nitrogens with one attached hydrogen (secondary N) is 2. The molecule has 0 aliphatic heterocycles. The second kappa shape index (κ2) is 5.60. The zero-order valence-corrected chi connectivity index (χ0v) is 10.4. The third-order valence-corrected chi connectivity index (χ3v) is 2.51. The minimum Gasteiger partial charge on any atom is -0.372 e. The van der Waals surface area contributed by atoms with E-state index in [1.165, 1.54) is 13.1 Å². The van der Waals surface area contributed by atoms with Crippen LogP contribution in [0.2, 0.25) is 0 Å². The van der Waals surface area contributed by atoms with Crippen molar-refractivity contribution in [3.05, 3.63) is 53.5 Å². The van der Waals surface area contributed by atoms with E-state index in [1.807, 2.05) is 0 Å². The molecule has 0 saturated heterocycles. The van der Waals surface area contributed by atoms with E-state index in [9.17, 15) is 18.0 Å².